The molecule has 1 aromatic rings. The van der Waals surface area contributed by atoms with E-state index in [2.05, 4.69) is 16.0 Å². The van der Waals surface area contributed by atoms with Crippen LogP contribution in [-0.4, -0.2) is 31.3 Å². The Hall–Kier alpha value is -1.80. The summed E-state index contributed by atoms with van der Waals surface area (Å²) in [6.45, 7) is 3.71. The number of anilines is 2. The van der Waals surface area contributed by atoms with Gasteiger partial charge in [-0.15, -0.1) is 0 Å². The average Bonchev–Trinajstić information content (AvgIpc) is 2.37. The van der Waals surface area contributed by atoms with E-state index < -0.39 is 0 Å². The molecule has 94 valence electrons. The van der Waals surface area contributed by atoms with Crippen LogP contribution in [0, 0.1) is 16.7 Å². The number of hydrogen-bond acceptors (Lipinski definition) is 5. The molecule has 0 atom stereocenters. The third-order valence-electron chi connectivity index (χ3n) is 4.01. The fourth-order valence-corrected chi connectivity index (χ4v) is 2.71. The topological polar surface area (TPSA) is 75.2 Å². The van der Waals surface area contributed by atoms with E-state index in [1.54, 1.807) is 12.3 Å². The van der Waals surface area contributed by atoms with Crippen LogP contribution in [0.1, 0.15) is 18.4 Å². The number of nitrogens with zero attached hydrogens (tertiary/aromatic N) is 3. The summed E-state index contributed by atoms with van der Waals surface area (Å²) in [6.07, 6.45) is 3.81. The lowest BCUT2D eigenvalue weighted by Gasteiger charge is -2.47. The molecule has 0 aliphatic carbocycles. The summed E-state index contributed by atoms with van der Waals surface area (Å²) in [5.41, 5.74) is 7.64. The molecule has 0 aromatic carbocycles. The van der Waals surface area contributed by atoms with Crippen molar-refractivity contribution in [3.05, 3.63) is 17.8 Å². The average molecular weight is 244 g/mol. The molecule has 0 amide bonds. The molecule has 2 N–H and O–H groups in total. The summed E-state index contributed by atoms with van der Waals surface area (Å²) in [5.74, 6) is 0.469. The second-order valence-electron chi connectivity index (χ2n) is 5.22. The molecule has 3 heterocycles. The molecular formula is C13H16N4O. The Morgan fingerprint density at radius 3 is 2.67 bits per heavy atom. The van der Waals surface area contributed by atoms with E-state index in [9.17, 15) is 0 Å². The first-order valence-electron chi connectivity index (χ1n) is 6.21. The van der Waals surface area contributed by atoms with E-state index in [1.807, 2.05) is 0 Å². The zero-order chi connectivity index (χ0) is 12.6. The molecule has 0 radical (unpaired) electrons. The zero-order valence-electron chi connectivity index (χ0n) is 10.2. The largest absolute Gasteiger partial charge is 0.384 e. The lowest BCUT2D eigenvalue weighted by Crippen LogP contribution is -2.51. The highest BCUT2D eigenvalue weighted by molar-refractivity contribution is 5.62. The van der Waals surface area contributed by atoms with Crippen molar-refractivity contribution in [3.63, 3.8) is 0 Å². The van der Waals surface area contributed by atoms with Crippen molar-refractivity contribution in [1.82, 2.24) is 4.98 Å². The first kappa shape index (κ1) is 11.3. The highest BCUT2D eigenvalue weighted by Crippen LogP contribution is 2.40. The number of nitrogen functional groups attached to an aromatic ring is 1. The molecule has 3 rings (SSSR count). The number of nitrogens with two attached hydrogens (primary N) is 1. The van der Waals surface area contributed by atoms with Gasteiger partial charge in [-0.1, -0.05) is 0 Å². The van der Waals surface area contributed by atoms with Crippen LogP contribution in [0.5, 0.6) is 0 Å². The van der Waals surface area contributed by atoms with Gasteiger partial charge in [-0.25, -0.2) is 4.98 Å². The Labute approximate surface area is 106 Å². The van der Waals surface area contributed by atoms with Gasteiger partial charge in [0.1, 0.15) is 11.9 Å². The summed E-state index contributed by atoms with van der Waals surface area (Å²) in [5, 5.41) is 9.12. The van der Waals surface area contributed by atoms with E-state index in [1.165, 1.54) is 0 Å². The van der Waals surface area contributed by atoms with Crippen LogP contribution in [0.4, 0.5) is 11.5 Å². The van der Waals surface area contributed by atoms with Crippen LogP contribution in [-0.2, 0) is 4.74 Å². The maximum absolute atomic E-state index is 9.12. The van der Waals surface area contributed by atoms with Crippen molar-refractivity contribution in [2.45, 2.75) is 12.8 Å². The molecule has 1 aromatic heterocycles. The maximum atomic E-state index is 9.12. The maximum Gasteiger partial charge on any atom is 0.125 e. The summed E-state index contributed by atoms with van der Waals surface area (Å²) < 4.78 is 5.32. The van der Waals surface area contributed by atoms with Crippen molar-refractivity contribution in [2.24, 2.45) is 5.41 Å². The predicted molar refractivity (Wildman–Crippen MR) is 68.1 cm³/mol. The molecular weight excluding hydrogens is 228 g/mol. The standard InChI is InChI=1S/C13H16N4O/c14-6-10-7-16-12(15)5-11(10)17-3-1-13(2-4-17)8-18-9-13/h5,7H,1-4,8-9H2,(H2,15,16). The summed E-state index contributed by atoms with van der Waals surface area (Å²) in [4.78, 5) is 6.21. The number of pyridine rings is 1. The molecule has 2 aliphatic rings. The van der Waals surface area contributed by atoms with Gasteiger partial charge in [0, 0.05) is 30.8 Å². The number of ether oxygens (including phenoxy) is 1. The molecule has 2 saturated heterocycles. The minimum absolute atomic E-state index is 0.405. The van der Waals surface area contributed by atoms with E-state index in [0.29, 0.717) is 16.8 Å². The molecule has 2 aliphatic heterocycles. The van der Waals surface area contributed by atoms with Crippen LogP contribution in [0.25, 0.3) is 0 Å². The van der Waals surface area contributed by atoms with E-state index in [-0.39, 0.29) is 0 Å². The van der Waals surface area contributed by atoms with E-state index >= 15 is 0 Å². The van der Waals surface area contributed by atoms with Crippen molar-refractivity contribution in [3.8, 4) is 6.07 Å². The Kier molecular flexibility index (Phi) is 2.60. The SMILES string of the molecule is N#Cc1cnc(N)cc1N1CCC2(CC1)COC2. The number of hydrogen-bond donors (Lipinski definition) is 1. The van der Waals surface area contributed by atoms with Crippen molar-refractivity contribution in [1.29, 1.82) is 5.26 Å². The van der Waals surface area contributed by atoms with Crippen molar-refractivity contribution in [2.75, 3.05) is 36.9 Å². The summed E-state index contributed by atoms with van der Waals surface area (Å²) in [6, 6.07) is 3.98. The highest BCUT2D eigenvalue weighted by atomic mass is 16.5. The Bertz CT molecular complexity index is 494. The fourth-order valence-electron chi connectivity index (χ4n) is 2.71. The van der Waals surface area contributed by atoms with Crippen LogP contribution < -0.4 is 10.6 Å². The molecule has 1 spiro atoms. The Morgan fingerprint density at radius 2 is 2.11 bits per heavy atom. The molecule has 5 nitrogen and oxygen atoms in total. The number of piperidine rings is 1. The predicted octanol–water partition coefficient (Wildman–Crippen LogP) is 1.15. The van der Waals surface area contributed by atoms with Gasteiger partial charge in [0.2, 0.25) is 0 Å². The third-order valence-corrected chi connectivity index (χ3v) is 4.01. The van der Waals surface area contributed by atoms with Crippen molar-refractivity contribution >= 4 is 11.5 Å². The quantitative estimate of drug-likeness (QED) is 0.802. The highest BCUT2D eigenvalue weighted by Gasteiger charge is 2.41. The van der Waals surface area contributed by atoms with Crippen LogP contribution >= 0.6 is 0 Å². The number of rotatable bonds is 1. The molecule has 2 fully saturated rings. The van der Waals surface area contributed by atoms with E-state index in [0.717, 1.165) is 44.8 Å². The lowest BCUT2D eigenvalue weighted by molar-refractivity contribution is -0.124. The Morgan fingerprint density at radius 1 is 1.39 bits per heavy atom. The van der Waals surface area contributed by atoms with Gasteiger partial charge < -0.3 is 15.4 Å². The van der Waals surface area contributed by atoms with Crippen LogP contribution in [0.2, 0.25) is 0 Å². The summed E-state index contributed by atoms with van der Waals surface area (Å²) in [7, 11) is 0. The second kappa shape index (κ2) is 4.14. The first-order chi connectivity index (χ1) is 8.72. The van der Waals surface area contributed by atoms with E-state index in [4.69, 9.17) is 15.7 Å². The summed E-state index contributed by atoms with van der Waals surface area (Å²) >= 11 is 0. The van der Waals surface area contributed by atoms with Crippen LogP contribution in [0.3, 0.4) is 0 Å². The van der Waals surface area contributed by atoms with Gasteiger partial charge in [-0.3, -0.25) is 0 Å². The fraction of sp³-hybridized carbons (Fsp3) is 0.538. The first-order valence-corrected chi connectivity index (χ1v) is 6.21. The minimum atomic E-state index is 0.405. The monoisotopic (exact) mass is 244 g/mol. The molecule has 5 heteroatoms. The molecule has 0 saturated carbocycles. The van der Waals surface area contributed by atoms with Gasteiger partial charge >= 0.3 is 0 Å². The van der Waals surface area contributed by atoms with Gasteiger partial charge in [-0.2, -0.15) is 5.26 Å². The zero-order valence-corrected chi connectivity index (χ0v) is 10.2. The van der Waals surface area contributed by atoms with Gasteiger partial charge in [0.05, 0.1) is 24.5 Å². The van der Waals surface area contributed by atoms with Gasteiger partial charge in [0.25, 0.3) is 0 Å². The Balaban J connectivity index is 1.80. The molecule has 0 bridgehead atoms. The number of aromatic nitrogens is 1. The van der Waals surface area contributed by atoms with Crippen LogP contribution in [0.15, 0.2) is 12.3 Å². The smallest absolute Gasteiger partial charge is 0.125 e. The van der Waals surface area contributed by atoms with Crippen molar-refractivity contribution < 1.29 is 4.74 Å². The lowest BCUT2D eigenvalue weighted by atomic mass is 9.76. The normalized spacial score (nSPS) is 21.4. The third kappa shape index (κ3) is 1.79. The van der Waals surface area contributed by atoms with Gasteiger partial charge in [-0.05, 0) is 12.8 Å². The van der Waals surface area contributed by atoms with Gasteiger partial charge in [0.15, 0.2) is 0 Å². The second-order valence-corrected chi connectivity index (χ2v) is 5.22. The number of nitriles is 1. The molecule has 18 heavy (non-hydrogen) atoms. The minimum Gasteiger partial charge on any atom is -0.384 e. The molecule has 0 unspecified atom stereocenters.